The first-order chi connectivity index (χ1) is 10.4. The normalized spacial score (nSPS) is 10.8. The topological polar surface area (TPSA) is 136 Å². The number of nitro groups is 1. The van der Waals surface area contributed by atoms with Gasteiger partial charge in [0.2, 0.25) is 0 Å². The zero-order valence-electron chi connectivity index (χ0n) is 12.2. The lowest BCUT2D eigenvalue weighted by Gasteiger charge is -2.12. The third-order valence-electron chi connectivity index (χ3n) is 3.46. The van der Waals surface area contributed by atoms with Gasteiger partial charge in [-0.25, -0.2) is 0 Å². The van der Waals surface area contributed by atoms with Crippen molar-refractivity contribution in [1.82, 2.24) is 20.0 Å². The second kappa shape index (κ2) is 6.33. The molecule has 0 unspecified atom stereocenters. The summed E-state index contributed by atoms with van der Waals surface area (Å²) in [4.78, 5) is 21.3. The summed E-state index contributed by atoms with van der Waals surface area (Å²) in [6, 6.07) is 0. The van der Waals surface area contributed by atoms with Gasteiger partial charge in [0.25, 0.3) is 5.65 Å². The predicted octanol–water partition coefficient (Wildman–Crippen LogP) is 1.32. The Morgan fingerprint density at radius 1 is 1.41 bits per heavy atom. The van der Waals surface area contributed by atoms with Crippen molar-refractivity contribution in [3.63, 3.8) is 0 Å². The van der Waals surface area contributed by atoms with Crippen molar-refractivity contribution < 1.29 is 14.8 Å². The van der Waals surface area contributed by atoms with Gasteiger partial charge in [-0.3, -0.25) is 14.9 Å². The Balaban J connectivity index is 2.27. The Hall–Kier alpha value is -2.78. The van der Waals surface area contributed by atoms with E-state index < -0.39 is 10.9 Å². The van der Waals surface area contributed by atoms with E-state index in [0.29, 0.717) is 36.3 Å². The Labute approximate surface area is 125 Å². The van der Waals surface area contributed by atoms with Gasteiger partial charge < -0.3 is 10.4 Å². The van der Waals surface area contributed by atoms with Crippen molar-refractivity contribution in [3.8, 4) is 0 Å². The molecule has 0 aromatic carbocycles. The number of nitrogens with zero attached hydrogens (tertiary/aromatic N) is 5. The fourth-order valence-electron chi connectivity index (χ4n) is 2.19. The lowest BCUT2D eigenvalue weighted by atomic mass is 10.1. The number of aryl methyl sites for hydroxylation is 1. The number of hydrogen-bond donors (Lipinski definition) is 2. The number of carbonyl (C=O) groups is 1. The van der Waals surface area contributed by atoms with Crippen LogP contribution in [0.4, 0.5) is 11.4 Å². The number of hydrogen-bond acceptors (Lipinski definition) is 7. The zero-order valence-corrected chi connectivity index (χ0v) is 12.2. The van der Waals surface area contributed by atoms with Gasteiger partial charge in [-0.1, -0.05) is 0 Å². The zero-order chi connectivity index (χ0) is 16.3. The maximum Gasteiger partial charge on any atom is 0.338 e. The van der Waals surface area contributed by atoms with E-state index >= 15 is 0 Å². The number of rotatable bonds is 7. The van der Waals surface area contributed by atoms with Crippen molar-refractivity contribution in [3.05, 3.63) is 21.4 Å². The number of unbranched alkanes of at least 4 members (excludes halogenated alkanes) is 1. The Bertz CT molecular complexity index is 726. The second-order valence-corrected chi connectivity index (χ2v) is 4.88. The molecule has 0 aliphatic carbocycles. The van der Waals surface area contributed by atoms with E-state index in [0.717, 1.165) is 0 Å². The molecule has 0 saturated heterocycles. The fourth-order valence-corrected chi connectivity index (χ4v) is 2.19. The van der Waals surface area contributed by atoms with E-state index in [1.807, 2.05) is 0 Å². The van der Waals surface area contributed by atoms with Gasteiger partial charge in [-0.15, -0.1) is 5.10 Å². The minimum Gasteiger partial charge on any atom is -0.481 e. The largest absolute Gasteiger partial charge is 0.481 e. The van der Waals surface area contributed by atoms with Crippen LogP contribution in [0.2, 0.25) is 0 Å². The average molecular weight is 308 g/mol. The highest BCUT2D eigenvalue weighted by Gasteiger charge is 2.26. The van der Waals surface area contributed by atoms with Crippen molar-refractivity contribution in [1.29, 1.82) is 0 Å². The van der Waals surface area contributed by atoms with Crippen molar-refractivity contribution in [2.75, 3.05) is 11.9 Å². The summed E-state index contributed by atoms with van der Waals surface area (Å²) < 4.78 is 1.34. The molecule has 0 radical (unpaired) electrons. The minimum atomic E-state index is -0.853. The first kappa shape index (κ1) is 15.6. The molecule has 10 nitrogen and oxygen atoms in total. The summed E-state index contributed by atoms with van der Waals surface area (Å²) in [6.45, 7) is 3.97. The first-order valence-electron chi connectivity index (χ1n) is 6.74. The Morgan fingerprint density at radius 3 is 2.77 bits per heavy atom. The fraction of sp³-hybridized carbons (Fsp3) is 0.500. The van der Waals surface area contributed by atoms with Crippen LogP contribution in [0, 0.1) is 24.0 Å². The molecule has 0 saturated carbocycles. The lowest BCUT2D eigenvalue weighted by Crippen LogP contribution is -2.11. The molecule has 2 rings (SSSR count). The number of nitrogens with one attached hydrogen (secondary N) is 1. The molecule has 0 aliphatic heterocycles. The molecular formula is C12H16N6O4. The molecule has 0 bridgehead atoms. The molecule has 2 N–H and O–H groups in total. The molecule has 0 spiro atoms. The summed E-state index contributed by atoms with van der Waals surface area (Å²) in [7, 11) is 0. The summed E-state index contributed by atoms with van der Waals surface area (Å²) >= 11 is 0. The predicted molar refractivity (Wildman–Crippen MR) is 76.9 cm³/mol. The third kappa shape index (κ3) is 2.95. The van der Waals surface area contributed by atoms with Crippen LogP contribution in [0.1, 0.15) is 30.5 Å². The molecule has 2 aromatic rings. The highest BCUT2D eigenvalue weighted by molar-refractivity contribution is 5.78. The van der Waals surface area contributed by atoms with Gasteiger partial charge in [0, 0.05) is 24.2 Å². The number of carboxylic acid groups (broad SMARTS) is 1. The monoisotopic (exact) mass is 308 g/mol. The minimum absolute atomic E-state index is 0.0783. The molecular weight excluding hydrogens is 292 g/mol. The van der Waals surface area contributed by atoms with Crippen molar-refractivity contribution >= 4 is 23.0 Å². The molecule has 0 aliphatic rings. The van der Waals surface area contributed by atoms with Gasteiger partial charge in [-0.05, 0) is 37.1 Å². The SMILES string of the molecule is Cc1c(NCCCCC(=O)O)c([N+](=O)[O-])c2nnnn2c1C. The van der Waals surface area contributed by atoms with Crippen LogP contribution in [0.5, 0.6) is 0 Å². The van der Waals surface area contributed by atoms with Gasteiger partial charge >= 0.3 is 11.7 Å². The molecule has 0 atom stereocenters. The Morgan fingerprint density at radius 2 is 2.14 bits per heavy atom. The maximum atomic E-state index is 11.4. The maximum absolute atomic E-state index is 11.4. The second-order valence-electron chi connectivity index (χ2n) is 4.88. The Kier molecular flexibility index (Phi) is 4.49. The van der Waals surface area contributed by atoms with E-state index in [2.05, 4.69) is 20.8 Å². The molecule has 0 fully saturated rings. The average Bonchev–Trinajstić information content (AvgIpc) is 2.92. The van der Waals surface area contributed by atoms with Gasteiger partial charge in [0.15, 0.2) is 0 Å². The molecule has 2 heterocycles. The van der Waals surface area contributed by atoms with Crippen LogP contribution in [0.15, 0.2) is 0 Å². The van der Waals surface area contributed by atoms with Crippen molar-refractivity contribution in [2.45, 2.75) is 33.1 Å². The standard InChI is InChI=1S/C12H16N6O4/c1-7-8(2)17-12(14-15-16-17)11(18(21)22)10(7)13-6-4-3-5-9(19)20/h13H,3-6H2,1-2H3,(H,19,20). The van der Waals surface area contributed by atoms with Gasteiger partial charge in [0.05, 0.1) is 4.92 Å². The quantitative estimate of drug-likeness (QED) is 0.444. The van der Waals surface area contributed by atoms with E-state index in [9.17, 15) is 14.9 Å². The number of anilines is 1. The molecule has 118 valence electrons. The van der Waals surface area contributed by atoms with E-state index in [-0.39, 0.29) is 17.8 Å². The highest BCUT2D eigenvalue weighted by atomic mass is 16.6. The molecule has 22 heavy (non-hydrogen) atoms. The third-order valence-corrected chi connectivity index (χ3v) is 3.46. The highest BCUT2D eigenvalue weighted by Crippen LogP contribution is 2.33. The molecule has 2 aromatic heterocycles. The van der Waals surface area contributed by atoms with Gasteiger partial charge in [0.1, 0.15) is 5.69 Å². The van der Waals surface area contributed by atoms with E-state index in [4.69, 9.17) is 5.11 Å². The smallest absolute Gasteiger partial charge is 0.338 e. The number of aromatic nitrogens is 4. The van der Waals surface area contributed by atoms with Crippen LogP contribution in [0.3, 0.4) is 0 Å². The number of tetrazole rings is 1. The number of fused-ring (bicyclic) bond motifs is 1. The van der Waals surface area contributed by atoms with Crippen LogP contribution in [0.25, 0.3) is 5.65 Å². The number of aliphatic carboxylic acids is 1. The van der Waals surface area contributed by atoms with Crippen LogP contribution >= 0.6 is 0 Å². The number of carboxylic acids is 1. The van der Waals surface area contributed by atoms with Crippen LogP contribution < -0.4 is 5.32 Å². The van der Waals surface area contributed by atoms with E-state index in [1.165, 1.54) is 4.52 Å². The molecule has 10 heteroatoms. The summed E-state index contributed by atoms with van der Waals surface area (Å²) in [5.74, 6) is -0.853. The molecule has 0 amide bonds. The summed E-state index contributed by atoms with van der Waals surface area (Å²) in [5.41, 5.74) is 1.68. The van der Waals surface area contributed by atoms with Crippen LogP contribution in [-0.4, -0.2) is 42.6 Å². The summed E-state index contributed by atoms with van der Waals surface area (Å²) in [5, 5.41) is 33.9. The van der Waals surface area contributed by atoms with Gasteiger partial charge in [-0.2, -0.15) is 4.52 Å². The van der Waals surface area contributed by atoms with E-state index in [1.54, 1.807) is 13.8 Å². The summed E-state index contributed by atoms with van der Waals surface area (Å²) in [6.07, 6.45) is 1.18. The van der Waals surface area contributed by atoms with Crippen molar-refractivity contribution in [2.24, 2.45) is 0 Å². The lowest BCUT2D eigenvalue weighted by molar-refractivity contribution is -0.382. The number of pyridine rings is 1. The van der Waals surface area contributed by atoms with Crippen LogP contribution in [-0.2, 0) is 4.79 Å². The first-order valence-corrected chi connectivity index (χ1v) is 6.74.